The van der Waals surface area contributed by atoms with Gasteiger partial charge in [0.15, 0.2) is 5.82 Å². The van der Waals surface area contributed by atoms with Crippen LogP contribution in [0, 0.1) is 6.92 Å². The highest BCUT2D eigenvalue weighted by atomic mass is 16.5. The smallest absolute Gasteiger partial charge is 0.295 e. The second kappa shape index (κ2) is 9.25. The van der Waals surface area contributed by atoms with Gasteiger partial charge in [-0.2, -0.15) is 9.78 Å². The molecule has 184 valence electrons. The van der Waals surface area contributed by atoms with Crippen LogP contribution in [0.1, 0.15) is 33.5 Å². The first-order valence-corrected chi connectivity index (χ1v) is 11.5. The minimum Gasteiger partial charge on any atom is -0.494 e. The van der Waals surface area contributed by atoms with Crippen molar-refractivity contribution in [2.45, 2.75) is 19.9 Å². The van der Waals surface area contributed by atoms with Crippen molar-refractivity contribution in [3.8, 4) is 11.6 Å². The number of methoxy groups -OCH3 is 1. The standard InChI is InChI=1S/C25H25N7O4/c1-15-13-30(9-10-31(15)24(34)17-7-5-4-6-8-17)25(35)22(33)18-11-26-21-20(18)19(36-3)12-27-23(21)32-16(2)28-14-29-32/h4-8,11-12,14-15,26H,9-10,13H2,1-3H3/t15-/m1/s1. The Kier molecular flexibility index (Phi) is 5.96. The van der Waals surface area contributed by atoms with Crippen LogP contribution in [0.5, 0.6) is 5.75 Å². The van der Waals surface area contributed by atoms with Crippen molar-refractivity contribution < 1.29 is 19.1 Å². The lowest BCUT2D eigenvalue weighted by Crippen LogP contribution is -2.56. The average Bonchev–Trinajstić information content (AvgIpc) is 3.54. The zero-order chi connectivity index (χ0) is 25.4. The molecule has 0 saturated carbocycles. The van der Waals surface area contributed by atoms with Crippen LogP contribution in [0.25, 0.3) is 16.7 Å². The number of Topliss-reactive ketones (excluding diaryl/α,β-unsaturated/α-hetero) is 1. The van der Waals surface area contributed by atoms with Crippen molar-refractivity contribution >= 4 is 28.5 Å². The van der Waals surface area contributed by atoms with Crippen molar-refractivity contribution in [2.75, 3.05) is 26.7 Å². The molecule has 4 heterocycles. The second-order valence-electron chi connectivity index (χ2n) is 8.62. The van der Waals surface area contributed by atoms with E-state index in [0.717, 1.165) is 0 Å². The summed E-state index contributed by atoms with van der Waals surface area (Å²) >= 11 is 0. The van der Waals surface area contributed by atoms with Gasteiger partial charge in [0, 0.05) is 37.4 Å². The van der Waals surface area contributed by atoms with Gasteiger partial charge >= 0.3 is 0 Å². The highest BCUT2D eigenvalue weighted by molar-refractivity contribution is 6.45. The van der Waals surface area contributed by atoms with Gasteiger partial charge in [0.05, 0.1) is 29.8 Å². The number of fused-ring (bicyclic) bond motifs is 1. The molecule has 11 nitrogen and oxygen atoms in total. The third kappa shape index (κ3) is 3.88. The Morgan fingerprint density at radius 2 is 1.89 bits per heavy atom. The maximum atomic E-state index is 13.4. The molecule has 2 amide bonds. The number of amides is 2. The van der Waals surface area contributed by atoms with Crippen LogP contribution in [-0.2, 0) is 4.79 Å². The fourth-order valence-corrected chi connectivity index (χ4v) is 4.56. The molecule has 36 heavy (non-hydrogen) atoms. The van der Waals surface area contributed by atoms with Crippen molar-refractivity contribution in [1.82, 2.24) is 34.5 Å². The van der Waals surface area contributed by atoms with E-state index in [1.807, 2.05) is 25.1 Å². The summed E-state index contributed by atoms with van der Waals surface area (Å²) in [4.78, 5) is 54.4. The lowest BCUT2D eigenvalue weighted by atomic mass is 10.1. The first-order valence-electron chi connectivity index (χ1n) is 11.5. The van der Waals surface area contributed by atoms with E-state index in [-0.39, 0.29) is 30.6 Å². The van der Waals surface area contributed by atoms with Crippen LogP contribution < -0.4 is 4.74 Å². The molecule has 1 aromatic carbocycles. The van der Waals surface area contributed by atoms with Crippen LogP contribution in [0.15, 0.2) is 49.1 Å². The zero-order valence-corrected chi connectivity index (χ0v) is 20.1. The molecule has 11 heteroatoms. The van der Waals surface area contributed by atoms with Gasteiger partial charge in [0.25, 0.3) is 17.6 Å². The molecule has 0 spiro atoms. The molecule has 1 atom stereocenters. The SMILES string of the molecule is COc1cnc(-n2ncnc2C)c2[nH]cc(C(=O)C(=O)N3CCN(C(=O)c4ccccc4)[C@H](C)C3)c12. The second-order valence-corrected chi connectivity index (χ2v) is 8.62. The van der Waals surface area contributed by atoms with Gasteiger partial charge in [0.1, 0.15) is 17.9 Å². The van der Waals surface area contributed by atoms with Gasteiger partial charge in [-0.25, -0.2) is 9.97 Å². The number of benzene rings is 1. The number of piperazine rings is 1. The monoisotopic (exact) mass is 487 g/mol. The van der Waals surface area contributed by atoms with E-state index >= 15 is 0 Å². The fraction of sp³-hybridized carbons (Fsp3) is 0.280. The minimum absolute atomic E-state index is 0.0914. The van der Waals surface area contributed by atoms with Gasteiger partial charge < -0.3 is 19.5 Å². The summed E-state index contributed by atoms with van der Waals surface area (Å²) in [7, 11) is 1.48. The summed E-state index contributed by atoms with van der Waals surface area (Å²) < 4.78 is 7.00. The first-order chi connectivity index (χ1) is 17.4. The Hall–Kier alpha value is -4.54. The summed E-state index contributed by atoms with van der Waals surface area (Å²) in [6, 6.07) is 8.78. The topological polar surface area (TPSA) is 126 Å². The average molecular weight is 488 g/mol. The maximum absolute atomic E-state index is 13.4. The molecule has 1 aliphatic heterocycles. The number of carbonyl (C=O) groups excluding carboxylic acids is 3. The maximum Gasteiger partial charge on any atom is 0.295 e. The Labute approximate surface area is 206 Å². The quantitative estimate of drug-likeness (QED) is 0.337. The number of rotatable bonds is 5. The van der Waals surface area contributed by atoms with Crippen molar-refractivity contribution in [1.29, 1.82) is 0 Å². The van der Waals surface area contributed by atoms with E-state index in [0.29, 0.717) is 40.4 Å². The van der Waals surface area contributed by atoms with Crippen molar-refractivity contribution in [3.05, 3.63) is 66.0 Å². The van der Waals surface area contributed by atoms with Crippen molar-refractivity contribution in [3.63, 3.8) is 0 Å². The molecule has 0 aliphatic carbocycles. The molecule has 3 aromatic heterocycles. The van der Waals surface area contributed by atoms with Crippen LogP contribution in [0.2, 0.25) is 0 Å². The number of carbonyl (C=O) groups is 3. The number of H-pyrrole nitrogens is 1. The number of hydrogen-bond acceptors (Lipinski definition) is 7. The van der Waals surface area contributed by atoms with E-state index in [9.17, 15) is 14.4 Å². The highest BCUT2D eigenvalue weighted by Crippen LogP contribution is 2.32. The molecule has 1 aliphatic rings. The lowest BCUT2D eigenvalue weighted by molar-refractivity contribution is -0.128. The number of hydrogen-bond donors (Lipinski definition) is 1. The number of ketones is 1. The Bertz CT molecular complexity index is 1460. The predicted octanol–water partition coefficient (Wildman–Crippen LogP) is 2.02. The highest BCUT2D eigenvalue weighted by Gasteiger charge is 2.34. The van der Waals surface area contributed by atoms with E-state index < -0.39 is 11.7 Å². The number of pyridine rings is 1. The third-order valence-corrected chi connectivity index (χ3v) is 6.43. The number of aryl methyl sites for hydroxylation is 1. The van der Waals surface area contributed by atoms with Gasteiger partial charge in [-0.15, -0.1) is 0 Å². The van der Waals surface area contributed by atoms with E-state index in [1.165, 1.54) is 30.7 Å². The van der Waals surface area contributed by atoms with Crippen LogP contribution in [0.3, 0.4) is 0 Å². The zero-order valence-electron chi connectivity index (χ0n) is 20.1. The molecular weight excluding hydrogens is 462 g/mol. The summed E-state index contributed by atoms with van der Waals surface area (Å²) in [6.07, 6.45) is 4.39. The number of nitrogens with zero attached hydrogens (tertiary/aromatic N) is 6. The number of nitrogens with one attached hydrogen (secondary N) is 1. The van der Waals surface area contributed by atoms with Crippen LogP contribution in [0.4, 0.5) is 0 Å². The minimum atomic E-state index is -0.665. The van der Waals surface area contributed by atoms with E-state index in [2.05, 4.69) is 20.1 Å². The lowest BCUT2D eigenvalue weighted by Gasteiger charge is -2.39. The van der Waals surface area contributed by atoms with Crippen molar-refractivity contribution in [2.24, 2.45) is 0 Å². The number of aromatic nitrogens is 5. The number of aromatic amines is 1. The number of ether oxygens (including phenoxy) is 1. The summed E-state index contributed by atoms with van der Waals surface area (Å²) in [5.41, 5.74) is 1.28. The molecule has 0 radical (unpaired) electrons. The molecule has 1 N–H and O–H groups in total. The van der Waals surface area contributed by atoms with E-state index in [1.54, 1.807) is 28.6 Å². The van der Waals surface area contributed by atoms with Gasteiger partial charge in [-0.1, -0.05) is 18.2 Å². The molecule has 1 fully saturated rings. The fourth-order valence-electron chi connectivity index (χ4n) is 4.56. The molecule has 0 bridgehead atoms. The predicted molar refractivity (Wildman–Crippen MR) is 130 cm³/mol. The summed E-state index contributed by atoms with van der Waals surface area (Å²) in [6.45, 7) is 4.51. The Balaban J connectivity index is 1.40. The van der Waals surface area contributed by atoms with Gasteiger partial charge in [-0.3, -0.25) is 14.4 Å². The molecular formula is C25H25N7O4. The molecule has 5 rings (SSSR count). The third-order valence-electron chi connectivity index (χ3n) is 6.43. The van der Waals surface area contributed by atoms with Crippen LogP contribution >= 0.6 is 0 Å². The van der Waals surface area contributed by atoms with Gasteiger partial charge in [0.2, 0.25) is 0 Å². The summed E-state index contributed by atoms with van der Waals surface area (Å²) in [5.74, 6) is 0.0224. The first kappa shape index (κ1) is 23.2. The molecule has 1 saturated heterocycles. The van der Waals surface area contributed by atoms with Crippen LogP contribution in [-0.4, -0.2) is 84.9 Å². The molecule has 4 aromatic rings. The van der Waals surface area contributed by atoms with Gasteiger partial charge in [-0.05, 0) is 26.0 Å². The largest absolute Gasteiger partial charge is 0.494 e. The molecule has 0 unspecified atom stereocenters. The van der Waals surface area contributed by atoms with E-state index in [4.69, 9.17) is 4.74 Å². The Morgan fingerprint density at radius 3 is 2.56 bits per heavy atom. The normalized spacial score (nSPS) is 15.8. The summed E-state index contributed by atoms with van der Waals surface area (Å²) in [5, 5.41) is 4.64. The Morgan fingerprint density at radius 1 is 1.11 bits per heavy atom.